The van der Waals surface area contributed by atoms with Gasteiger partial charge in [-0.2, -0.15) is 0 Å². The molecule has 1 aliphatic rings. The minimum absolute atomic E-state index is 0.602. The number of hydrogen-bond donors (Lipinski definition) is 1. The summed E-state index contributed by atoms with van der Waals surface area (Å²) < 4.78 is 1.11. The SMILES string of the molecule is Clc1ccc(Br)cc1CC1CCCCN1. The highest BCUT2D eigenvalue weighted by atomic mass is 79.9. The van der Waals surface area contributed by atoms with Crippen molar-refractivity contribution in [1.29, 1.82) is 0 Å². The molecule has 1 atom stereocenters. The van der Waals surface area contributed by atoms with E-state index in [1.165, 1.54) is 24.8 Å². The standard InChI is InChI=1S/C12H15BrClN/c13-10-4-5-12(14)9(7-10)8-11-3-1-2-6-15-11/h4-5,7,11,15H,1-3,6,8H2. The summed E-state index contributed by atoms with van der Waals surface area (Å²) in [6, 6.07) is 6.67. The lowest BCUT2D eigenvalue weighted by Crippen LogP contribution is -2.35. The Morgan fingerprint density at radius 1 is 1.40 bits per heavy atom. The van der Waals surface area contributed by atoms with Gasteiger partial charge in [0, 0.05) is 15.5 Å². The molecule has 1 unspecified atom stereocenters. The maximum Gasteiger partial charge on any atom is 0.0439 e. The highest BCUT2D eigenvalue weighted by molar-refractivity contribution is 9.10. The predicted molar refractivity (Wildman–Crippen MR) is 68.5 cm³/mol. The van der Waals surface area contributed by atoms with Crippen LogP contribution in [0.1, 0.15) is 24.8 Å². The summed E-state index contributed by atoms with van der Waals surface area (Å²) in [6.07, 6.45) is 4.95. The molecule has 1 heterocycles. The molecule has 1 aromatic rings. The lowest BCUT2D eigenvalue weighted by Gasteiger charge is -2.23. The Hall–Kier alpha value is -0.0500. The average molecular weight is 289 g/mol. The fourth-order valence-electron chi connectivity index (χ4n) is 2.06. The first-order valence-electron chi connectivity index (χ1n) is 5.43. The third-order valence-corrected chi connectivity index (χ3v) is 3.75. The number of rotatable bonds is 2. The Labute approximate surface area is 104 Å². The third-order valence-electron chi connectivity index (χ3n) is 2.89. The van der Waals surface area contributed by atoms with E-state index in [0.717, 1.165) is 22.5 Å². The van der Waals surface area contributed by atoms with Gasteiger partial charge in [-0.05, 0) is 49.6 Å². The van der Waals surface area contributed by atoms with Gasteiger partial charge in [0.1, 0.15) is 0 Å². The van der Waals surface area contributed by atoms with Crippen molar-refractivity contribution in [1.82, 2.24) is 5.32 Å². The van der Waals surface area contributed by atoms with Crippen molar-refractivity contribution in [3.05, 3.63) is 33.3 Å². The van der Waals surface area contributed by atoms with Gasteiger partial charge in [-0.1, -0.05) is 34.0 Å². The average Bonchev–Trinajstić information content (AvgIpc) is 2.25. The van der Waals surface area contributed by atoms with Gasteiger partial charge in [0.25, 0.3) is 0 Å². The first-order valence-corrected chi connectivity index (χ1v) is 6.60. The van der Waals surface area contributed by atoms with Crippen LogP contribution in [0.2, 0.25) is 5.02 Å². The number of benzene rings is 1. The summed E-state index contributed by atoms with van der Waals surface area (Å²) in [6.45, 7) is 1.15. The van der Waals surface area contributed by atoms with Gasteiger partial charge in [0.15, 0.2) is 0 Å². The van der Waals surface area contributed by atoms with E-state index in [-0.39, 0.29) is 0 Å². The monoisotopic (exact) mass is 287 g/mol. The van der Waals surface area contributed by atoms with E-state index in [4.69, 9.17) is 11.6 Å². The van der Waals surface area contributed by atoms with Gasteiger partial charge in [0.2, 0.25) is 0 Å². The molecule has 3 heteroatoms. The van der Waals surface area contributed by atoms with Crippen LogP contribution in [0.4, 0.5) is 0 Å². The van der Waals surface area contributed by atoms with Crippen molar-refractivity contribution < 1.29 is 0 Å². The molecule has 15 heavy (non-hydrogen) atoms. The molecule has 0 spiro atoms. The smallest absolute Gasteiger partial charge is 0.0439 e. The number of piperidine rings is 1. The van der Waals surface area contributed by atoms with Crippen molar-refractivity contribution in [3.8, 4) is 0 Å². The van der Waals surface area contributed by atoms with Crippen LogP contribution in [0.25, 0.3) is 0 Å². The van der Waals surface area contributed by atoms with Crippen LogP contribution in [0.15, 0.2) is 22.7 Å². The van der Waals surface area contributed by atoms with Gasteiger partial charge in [-0.3, -0.25) is 0 Å². The van der Waals surface area contributed by atoms with Gasteiger partial charge in [-0.25, -0.2) is 0 Å². The van der Waals surface area contributed by atoms with E-state index in [1.807, 2.05) is 12.1 Å². The molecule has 1 saturated heterocycles. The molecule has 0 aliphatic carbocycles. The maximum absolute atomic E-state index is 6.17. The maximum atomic E-state index is 6.17. The van der Waals surface area contributed by atoms with Crippen LogP contribution in [-0.2, 0) is 6.42 Å². The molecule has 1 aliphatic heterocycles. The largest absolute Gasteiger partial charge is 0.314 e. The van der Waals surface area contributed by atoms with Crippen LogP contribution in [0.5, 0.6) is 0 Å². The number of hydrogen-bond acceptors (Lipinski definition) is 1. The summed E-state index contributed by atoms with van der Waals surface area (Å²) in [7, 11) is 0. The number of nitrogens with one attached hydrogen (secondary N) is 1. The van der Waals surface area contributed by atoms with Crippen molar-refractivity contribution in [2.75, 3.05) is 6.54 Å². The van der Waals surface area contributed by atoms with E-state index < -0.39 is 0 Å². The Morgan fingerprint density at radius 3 is 3.00 bits per heavy atom. The van der Waals surface area contributed by atoms with Gasteiger partial charge in [-0.15, -0.1) is 0 Å². The van der Waals surface area contributed by atoms with E-state index in [1.54, 1.807) is 0 Å². The van der Waals surface area contributed by atoms with Crippen LogP contribution in [0.3, 0.4) is 0 Å². The molecule has 0 amide bonds. The van der Waals surface area contributed by atoms with Gasteiger partial charge >= 0.3 is 0 Å². The molecule has 0 radical (unpaired) electrons. The van der Waals surface area contributed by atoms with Crippen molar-refractivity contribution >= 4 is 27.5 Å². The second-order valence-electron chi connectivity index (χ2n) is 4.09. The molecule has 1 N–H and O–H groups in total. The Morgan fingerprint density at radius 2 is 2.27 bits per heavy atom. The van der Waals surface area contributed by atoms with Crippen molar-refractivity contribution in [3.63, 3.8) is 0 Å². The zero-order valence-electron chi connectivity index (χ0n) is 8.60. The normalized spacial score (nSPS) is 21.6. The van der Waals surface area contributed by atoms with Crippen LogP contribution in [0, 0.1) is 0 Å². The molecule has 82 valence electrons. The summed E-state index contributed by atoms with van der Waals surface area (Å²) in [5.74, 6) is 0. The summed E-state index contributed by atoms with van der Waals surface area (Å²) in [4.78, 5) is 0. The number of halogens is 2. The molecular formula is C12H15BrClN. The quantitative estimate of drug-likeness (QED) is 0.873. The molecular weight excluding hydrogens is 273 g/mol. The van der Waals surface area contributed by atoms with E-state index in [9.17, 15) is 0 Å². The molecule has 0 aromatic heterocycles. The topological polar surface area (TPSA) is 12.0 Å². The Kier molecular flexibility index (Phi) is 4.06. The highest BCUT2D eigenvalue weighted by Crippen LogP contribution is 2.23. The first kappa shape index (κ1) is 11.4. The third kappa shape index (κ3) is 3.20. The first-order chi connectivity index (χ1) is 7.25. The zero-order chi connectivity index (χ0) is 10.7. The fourth-order valence-corrected chi connectivity index (χ4v) is 2.67. The van der Waals surface area contributed by atoms with Crippen LogP contribution in [-0.4, -0.2) is 12.6 Å². The molecule has 1 aromatic carbocycles. The highest BCUT2D eigenvalue weighted by Gasteiger charge is 2.14. The minimum atomic E-state index is 0.602. The van der Waals surface area contributed by atoms with E-state index in [0.29, 0.717) is 6.04 Å². The molecule has 0 saturated carbocycles. The minimum Gasteiger partial charge on any atom is -0.314 e. The summed E-state index contributed by atoms with van der Waals surface area (Å²) in [5, 5.41) is 4.42. The molecule has 1 fully saturated rings. The fraction of sp³-hybridized carbons (Fsp3) is 0.500. The molecule has 0 bridgehead atoms. The predicted octanol–water partition coefficient (Wildman–Crippen LogP) is 3.79. The Bertz CT molecular complexity index is 334. The molecule has 1 nitrogen and oxygen atoms in total. The Balaban J connectivity index is 2.05. The van der Waals surface area contributed by atoms with Gasteiger partial charge in [0.05, 0.1) is 0 Å². The van der Waals surface area contributed by atoms with Crippen molar-refractivity contribution in [2.24, 2.45) is 0 Å². The second-order valence-corrected chi connectivity index (χ2v) is 5.41. The van der Waals surface area contributed by atoms with Crippen LogP contribution >= 0.6 is 27.5 Å². The zero-order valence-corrected chi connectivity index (χ0v) is 10.9. The van der Waals surface area contributed by atoms with Crippen LogP contribution < -0.4 is 5.32 Å². The second kappa shape index (κ2) is 5.33. The lowest BCUT2D eigenvalue weighted by atomic mass is 9.98. The van der Waals surface area contributed by atoms with E-state index >= 15 is 0 Å². The van der Waals surface area contributed by atoms with Crippen molar-refractivity contribution in [2.45, 2.75) is 31.7 Å². The van der Waals surface area contributed by atoms with E-state index in [2.05, 4.69) is 27.3 Å². The lowest BCUT2D eigenvalue weighted by molar-refractivity contribution is 0.399. The van der Waals surface area contributed by atoms with Gasteiger partial charge < -0.3 is 5.32 Å². The summed E-state index contributed by atoms with van der Waals surface area (Å²) in [5.41, 5.74) is 1.24. The molecule has 2 rings (SSSR count). The summed E-state index contributed by atoms with van der Waals surface area (Å²) >= 11 is 9.65.